The number of phenolic OH excluding ortho intramolecular Hbond substituents is 2. The Bertz CT molecular complexity index is 2990. The van der Waals surface area contributed by atoms with Crippen molar-refractivity contribution in [3.8, 4) is 17.2 Å². The largest absolute Gasteiger partial charge is 0.507 e. The summed E-state index contributed by atoms with van der Waals surface area (Å²) in [6, 6.07) is 7.59. The summed E-state index contributed by atoms with van der Waals surface area (Å²) >= 11 is 0. The number of hydrogen-bond acceptors (Lipinski definition) is 15. The van der Waals surface area contributed by atoms with E-state index in [0.29, 0.717) is 62.6 Å². The van der Waals surface area contributed by atoms with Crippen LogP contribution in [0.15, 0.2) is 70.4 Å². The molecule has 1 saturated heterocycles. The lowest BCUT2D eigenvalue weighted by molar-refractivity contribution is -0.153. The van der Waals surface area contributed by atoms with Crippen LogP contribution in [0.4, 0.5) is 11.6 Å². The molecule has 5 N–H and O–H groups in total. The van der Waals surface area contributed by atoms with Crippen molar-refractivity contribution in [2.24, 2.45) is 27.7 Å². The van der Waals surface area contributed by atoms with E-state index in [1.54, 1.807) is 58.3 Å². The average molecular weight is 990 g/mol. The second kappa shape index (κ2) is 21.6. The van der Waals surface area contributed by atoms with E-state index in [2.05, 4.69) is 29.0 Å². The van der Waals surface area contributed by atoms with Gasteiger partial charge in [0.15, 0.2) is 18.0 Å². The van der Waals surface area contributed by atoms with Crippen LogP contribution < -0.4 is 25.7 Å². The number of phenols is 2. The van der Waals surface area contributed by atoms with E-state index in [0.717, 1.165) is 30.7 Å². The fourth-order valence-electron chi connectivity index (χ4n) is 10.2. The van der Waals surface area contributed by atoms with Gasteiger partial charge in [0.25, 0.3) is 5.91 Å². The summed E-state index contributed by atoms with van der Waals surface area (Å²) in [5, 5.41) is 49.9. The number of fused-ring (bicyclic) bond motifs is 8. The van der Waals surface area contributed by atoms with Gasteiger partial charge in [-0.25, -0.2) is 4.98 Å². The van der Waals surface area contributed by atoms with Gasteiger partial charge in [0.05, 0.1) is 52.4 Å². The smallest absolute Gasteiger partial charge is 0.315 e. The third-order valence-electron chi connectivity index (χ3n) is 14.3. The highest BCUT2D eigenvalue weighted by Gasteiger charge is 2.40. The number of Topliss-reactive ketones (excluding diaryl/α,β-unsaturated/α-hetero) is 1. The third kappa shape index (κ3) is 10.5. The molecule has 384 valence electrons. The summed E-state index contributed by atoms with van der Waals surface area (Å²) in [6.45, 7) is 16.4. The number of carbonyl (C=O) groups excluding carboxylic acids is 4. The highest BCUT2D eigenvalue weighted by atomic mass is 16.5. The molecule has 5 heterocycles. The van der Waals surface area contributed by atoms with Crippen LogP contribution in [0.5, 0.6) is 17.2 Å². The molecule has 72 heavy (non-hydrogen) atoms. The molecule has 8 rings (SSSR count). The first-order valence-electron chi connectivity index (χ1n) is 25.1. The number of para-hydroxylation sites is 2. The molecule has 1 fully saturated rings. The summed E-state index contributed by atoms with van der Waals surface area (Å²) in [4.78, 5) is 72.6. The van der Waals surface area contributed by atoms with Crippen molar-refractivity contribution in [3.63, 3.8) is 0 Å². The summed E-state index contributed by atoms with van der Waals surface area (Å²) in [6.07, 6.45) is 6.77. The van der Waals surface area contributed by atoms with Crippen molar-refractivity contribution in [1.29, 1.82) is 0 Å². The van der Waals surface area contributed by atoms with Gasteiger partial charge in [-0.3, -0.25) is 34.1 Å². The van der Waals surface area contributed by atoms with Gasteiger partial charge in [0.1, 0.15) is 35.1 Å². The molecule has 1 spiro atoms. The molecular weight excluding hydrogens is 923 g/mol. The van der Waals surface area contributed by atoms with E-state index in [1.807, 2.05) is 35.8 Å². The Labute approximate surface area is 418 Å². The molecule has 18 heteroatoms. The number of aromatic nitrogens is 2. The Morgan fingerprint density at radius 1 is 0.986 bits per heavy atom. The molecule has 3 aromatic carbocycles. The van der Waals surface area contributed by atoms with E-state index in [1.165, 1.54) is 4.90 Å². The van der Waals surface area contributed by atoms with Crippen LogP contribution in [0.3, 0.4) is 0 Å². The quantitative estimate of drug-likeness (QED) is 0.0190. The van der Waals surface area contributed by atoms with Crippen LogP contribution >= 0.6 is 0 Å². The number of ether oxygens (including phenoxy) is 3. The number of rotatable bonds is 19. The molecule has 4 aliphatic heterocycles. The van der Waals surface area contributed by atoms with Crippen LogP contribution in [0, 0.1) is 24.7 Å². The number of piperidine rings is 1. The topological polar surface area (TPSA) is 238 Å². The zero-order valence-corrected chi connectivity index (χ0v) is 42.2. The number of ketones is 1. The number of carbonyl (C=O) groups is 4. The second-order valence-electron chi connectivity index (χ2n) is 20.0. The second-order valence-corrected chi connectivity index (χ2v) is 20.0. The molecule has 1 aromatic heterocycles. The van der Waals surface area contributed by atoms with Gasteiger partial charge < -0.3 is 49.4 Å². The number of imidazole rings is 1. The normalized spacial score (nSPS) is 18.5. The van der Waals surface area contributed by atoms with Gasteiger partial charge in [-0.2, -0.15) is 0 Å². The number of anilines is 2. The number of esters is 1. The number of amides is 2. The van der Waals surface area contributed by atoms with Gasteiger partial charge in [-0.1, -0.05) is 58.1 Å². The van der Waals surface area contributed by atoms with Crippen LogP contribution in [-0.2, 0) is 30.4 Å². The Morgan fingerprint density at radius 2 is 1.72 bits per heavy atom. The molecule has 0 unspecified atom stereocenters. The minimum absolute atomic E-state index is 0.00223. The van der Waals surface area contributed by atoms with Crippen LogP contribution in [0.1, 0.15) is 96.0 Å². The fourth-order valence-corrected chi connectivity index (χ4v) is 10.2. The van der Waals surface area contributed by atoms with Crippen molar-refractivity contribution < 1.29 is 53.8 Å². The number of nitrogens with zero attached hydrogens (tertiary/aromatic N) is 6. The molecule has 0 radical (unpaired) electrons. The highest BCUT2D eigenvalue weighted by molar-refractivity contribution is 6.18. The van der Waals surface area contributed by atoms with Crippen LogP contribution in [0.2, 0.25) is 0 Å². The lowest BCUT2D eigenvalue weighted by atomic mass is 9.86. The Balaban J connectivity index is 0.938. The highest BCUT2D eigenvalue weighted by Crippen LogP contribution is 2.47. The maximum atomic E-state index is 13.9. The summed E-state index contributed by atoms with van der Waals surface area (Å²) in [5.74, 6) is -2.79. The number of aliphatic hydroxyl groups excluding tert-OH is 2. The number of nitrogens with one attached hydrogen (secondary N) is 1. The lowest BCUT2D eigenvalue weighted by Crippen LogP contribution is -2.43. The molecule has 18 nitrogen and oxygen atoms in total. The van der Waals surface area contributed by atoms with Crippen molar-refractivity contribution >= 4 is 57.0 Å². The number of aliphatic hydroxyl groups is 2. The van der Waals surface area contributed by atoms with Crippen LogP contribution in [0.25, 0.3) is 21.8 Å². The standard InChI is InChI=1S/C54H67N7O11/c1-8-70-25-12-11-16-35(72-41(65)27-40(64)61-24-23-60-37-18-10-9-17-36(37)55-53(60)61)26-38(62)33(6)48(66)31(4)14-13-15-32(5)52(69)56-47-46-45(57-54(58-46)19-21-59(22-20-54)28-30(2)3)43-42-39(63)29-71-51(42)34(7)49(67)44(43)50(47)68/h9-10,12-15,17-18,25,30-31,33,35,38,48,62,66-68H,8,11,16,19-24,26-29H2,1-7H3,(H,56,69)/b14-13+,25-12+,32-15-/t31-,33-,35+,38-,48-/m0/s1. The maximum absolute atomic E-state index is 13.9. The molecule has 4 aliphatic rings. The zero-order valence-electron chi connectivity index (χ0n) is 42.2. The van der Waals surface area contributed by atoms with Crippen molar-refractivity contribution in [2.75, 3.05) is 49.6 Å². The first-order valence-corrected chi connectivity index (χ1v) is 25.1. The number of allylic oxidation sites excluding steroid dienone is 3. The minimum Gasteiger partial charge on any atom is -0.507 e. The van der Waals surface area contributed by atoms with Gasteiger partial charge in [0.2, 0.25) is 17.6 Å². The number of aromatic hydroxyl groups is 2. The first-order chi connectivity index (χ1) is 34.4. The number of likely N-dealkylation sites (tertiary alicyclic amines) is 1. The number of hydrogen-bond donors (Lipinski definition) is 5. The third-order valence-corrected chi connectivity index (χ3v) is 14.3. The molecule has 2 amide bonds. The van der Waals surface area contributed by atoms with Gasteiger partial charge in [0, 0.05) is 80.3 Å². The maximum Gasteiger partial charge on any atom is 0.315 e. The van der Waals surface area contributed by atoms with Crippen molar-refractivity contribution in [1.82, 2.24) is 14.5 Å². The van der Waals surface area contributed by atoms with E-state index in [9.17, 15) is 39.6 Å². The molecule has 5 atom stereocenters. The van der Waals surface area contributed by atoms with Gasteiger partial charge >= 0.3 is 5.97 Å². The monoisotopic (exact) mass is 989 g/mol. The molecule has 4 aromatic rings. The van der Waals surface area contributed by atoms with Gasteiger partial charge in [-0.15, -0.1) is 0 Å². The Morgan fingerprint density at radius 3 is 2.46 bits per heavy atom. The molecule has 0 saturated carbocycles. The molecular formula is C54H67N7O11. The van der Waals surface area contributed by atoms with Crippen molar-refractivity contribution in [3.05, 3.63) is 82.2 Å². The first kappa shape index (κ1) is 51.7. The minimum atomic E-state index is -1.10. The van der Waals surface area contributed by atoms with Crippen molar-refractivity contribution in [2.45, 2.75) is 118 Å². The number of benzene rings is 3. The summed E-state index contributed by atoms with van der Waals surface area (Å²) in [7, 11) is 0. The van der Waals surface area contributed by atoms with Gasteiger partial charge in [-0.05, 0) is 57.7 Å². The Kier molecular flexibility index (Phi) is 15.5. The predicted molar refractivity (Wildman–Crippen MR) is 270 cm³/mol. The lowest BCUT2D eigenvalue weighted by Gasteiger charge is -2.36. The summed E-state index contributed by atoms with van der Waals surface area (Å²) in [5.41, 5.74) is 1.47. The van der Waals surface area contributed by atoms with E-state index >= 15 is 0 Å². The Hall–Kier alpha value is -6.63. The fraction of sp³-hybridized carbons (Fsp3) is 0.500. The average Bonchev–Trinajstić information content (AvgIpc) is 4.13. The van der Waals surface area contributed by atoms with E-state index in [4.69, 9.17) is 24.2 Å². The predicted octanol–water partition coefficient (Wildman–Crippen LogP) is 5.69. The molecule has 0 bridgehead atoms. The summed E-state index contributed by atoms with van der Waals surface area (Å²) < 4.78 is 18.8. The van der Waals surface area contributed by atoms with E-state index in [-0.39, 0.29) is 68.8 Å². The zero-order chi connectivity index (χ0) is 51.6. The SMILES string of the molecule is CCO/C=C/CC[C@H](C[C@H](O)[C@H](C)[C@@H](O)[C@@H](C)/C=C/C=C(/C)C(=O)Nc1c(O)c2c(O)c(C)c3c(c2c2c1=NC1(CCN(CC(C)C)CC1)N=2)C(=O)CO3)OC(=O)CC(=O)N1CCn2c1nc1ccccc12. The van der Waals surface area contributed by atoms with E-state index < -0.39 is 65.8 Å². The van der Waals surface area contributed by atoms with Crippen LogP contribution in [-0.4, -0.2) is 122 Å². The molecule has 0 aliphatic carbocycles.